The number of amides is 1. The van der Waals surface area contributed by atoms with Crippen molar-refractivity contribution in [2.45, 2.75) is 44.0 Å². The van der Waals surface area contributed by atoms with E-state index < -0.39 is 0 Å². The molecule has 0 bridgehead atoms. The van der Waals surface area contributed by atoms with Crippen molar-refractivity contribution in [1.82, 2.24) is 25.2 Å². The summed E-state index contributed by atoms with van der Waals surface area (Å²) in [7, 11) is 0. The van der Waals surface area contributed by atoms with Gasteiger partial charge in [0.1, 0.15) is 0 Å². The molecule has 1 fully saturated rings. The monoisotopic (exact) mass is 403 g/mol. The van der Waals surface area contributed by atoms with Crippen molar-refractivity contribution in [3.8, 4) is 0 Å². The molecule has 4 heterocycles. The Bertz CT molecular complexity index is 867. The predicted molar refractivity (Wildman–Crippen MR) is 106 cm³/mol. The van der Waals surface area contributed by atoms with Crippen LogP contribution in [-0.2, 0) is 18.7 Å². The average molecular weight is 404 g/mol. The highest BCUT2D eigenvalue weighted by molar-refractivity contribution is 7.98. The molecule has 1 N–H and O–H groups in total. The van der Waals surface area contributed by atoms with Gasteiger partial charge in [0.2, 0.25) is 5.76 Å². The lowest BCUT2D eigenvalue weighted by molar-refractivity contribution is 0.0874. The molecule has 2 aliphatic rings. The van der Waals surface area contributed by atoms with Crippen LogP contribution in [0, 0.1) is 0 Å². The van der Waals surface area contributed by atoms with E-state index in [1.54, 1.807) is 16.8 Å². The van der Waals surface area contributed by atoms with Gasteiger partial charge in [0.15, 0.2) is 0 Å². The Kier molecular flexibility index (Phi) is 6.11. The lowest BCUT2D eigenvalue weighted by atomic mass is 10.0. The maximum Gasteiger partial charge on any atom is 0.289 e. The van der Waals surface area contributed by atoms with Crippen LogP contribution >= 0.6 is 11.8 Å². The fourth-order valence-electron chi connectivity index (χ4n) is 3.85. The largest absolute Gasteiger partial charge is 0.351 e. The summed E-state index contributed by atoms with van der Waals surface area (Å²) in [6.07, 6.45) is 5.70. The van der Waals surface area contributed by atoms with Gasteiger partial charge < -0.3 is 9.84 Å². The third-order valence-corrected chi connectivity index (χ3v) is 6.42. The first-order valence-electron chi connectivity index (χ1n) is 9.81. The number of piperidine rings is 1. The van der Waals surface area contributed by atoms with Crippen molar-refractivity contribution >= 4 is 17.7 Å². The van der Waals surface area contributed by atoms with Crippen LogP contribution in [-0.4, -0.2) is 57.2 Å². The summed E-state index contributed by atoms with van der Waals surface area (Å²) >= 11 is 1.85. The molecule has 2 aromatic heterocycles. The number of aryl methyl sites for hydroxylation is 1. The summed E-state index contributed by atoms with van der Waals surface area (Å²) < 4.78 is 6.51. The minimum absolute atomic E-state index is 0.0200. The maximum absolute atomic E-state index is 12.4. The number of likely N-dealkylation sites (tertiary alicyclic amines) is 1. The number of hydrogen-bond donors (Lipinski definition) is 1. The minimum Gasteiger partial charge on any atom is -0.351 e. The molecule has 4 rings (SSSR count). The Balaban J connectivity index is 1.36. The molecule has 8 nitrogen and oxygen atoms in total. The molecule has 9 heteroatoms. The van der Waals surface area contributed by atoms with Crippen molar-refractivity contribution < 1.29 is 9.32 Å². The van der Waals surface area contributed by atoms with Crippen LogP contribution in [0.15, 0.2) is 27.6 Å². The molecule has 0 saturated carbocycles. The van der Waals surface area contributed by atoms with Crippen LogP contribution in [0.2, 0.25) is 0 Å². The number of aromatic nitrogens is 3. The molecule has 0 radical (unpaired) electrons. The molecular formula is C19H25N5O3S. The predicted octanol–water partition coefficient (Wildman–Crippen LogP) is 1.31. The van der Waals surface area contributed by atoms with E-state index in [-0.39, 0.29) is 23.3 Å². The second-order valence-electron chi connectivity index (χ2n) is 7.25. The highest BCUT2D eigenvalue weighted by Gasteiger charge is 2.24. The van der Waals surface area contributed by atoms with Crippen molar-refractivity contribution in [3.63, 3.8) is 0 Å². The number of fused-ring (bicyclic) bond motifs is 1. The zero-order chi connectivity index (χ0) is 19.3. The zero-order valence-electron chi connectivity index (χ0n) is 15.8. The summed E-state index contributed by atoms with van der Waals surface area (Å²) in [4.78, 5) is 26.8. The van der Waals surface area contributed by atoms with Gasteiger partial charge in [-0.2, -0.15) is 16.9 Å². The second-order valence-corrected chi connectivity index (χ2v) is 8.36. The van der Waals surface area contributed by atoms with E-state index in [4.69, 9.17) is 4.52 Å². The molecule has 0 spiro atoms. The first-order valence-corrected chi connectivity index (χ1v) is 11.0. The molecule has 2 aromatic rings. The number of hydrogen-bond acceptors (Lipinski definition) is 7. The minimum atomic E-state index is -0.242. The first kappa shape index (κ1) is 19.2. The molecule has 1 unspecified atom stereocenters. The molecule has 1 atom stereocenters. The van der Waals surface area contributed by atoms with E-state index in [1.165, 1.54) is 6.20 Å². The summed E-state index contributed by atoms with van der Waals surface area (Å²) in [5.74, 6) is 1.94. The zero-order valence-corrected chi connectivity index (χ0v) is 16.6. The van der Waals surface area contributed by atoms with Crippen LogP contribution in [0.1, 0.15) is 41.1 Å². The van der Waals surface area contributed by atoms with Gasteiger partial charge in [-0.15, -0.1) is 0 Å². The summed E-state index contributed by atoms with van der Waals surface area (Å²) in [6.45, 7) is 2.86. The summed E-state index contributed by atoms with van der Waals surface area (Å²) in [5.41, 5.74) is 2.13. The third-order valence-electron chi connectivity index (χ3n) is 5.41. The second kappa shape index (κ2) is 8.91. The van der Waals surface area contributed by atoms with Crippen molar-refractivity contribution in [2.75, 3.05) is 25.4 Å². The van der Waals surface area contributed by atoms with Crippen molar-refractivity contribution in [3.05, 3.63) is 45.7 Å². The quantitative estimate of drug-likeness (QED) is 0.777. The fourth-order valence-corrected chi connectivity index (χ4v) is 4.80. The first-order chi connectivity index (χ1) is 13.7. The molecule has 150 valence electrons. The molecule has 0 aromatic carbocycles. The molecule has 28 heavy (non-hydrogen) atoms. The van der Waals surface area contributed by atoms with Crippen LogP contribution < -0.4 is 10.9 Å². The van der Waals surface area contributed by atoms with Gasteiger partial charge in [0.05, 0.1) is 18.4 Å². The van der Waals surface area contributed by atoms with Crippen molar-refractivity contribution in [1.29, 1.82) is 0 Å². The van der Waals surface area contributed by atoms with Gasteiger partial charge in [0.25, 0.3) is 11.5 Å². The summed E-state index contributed by atoms with van der Waals surface area (Å²) in [6, 6.07) is 3.56. The van der Waals surface area contributed by atoms with Gasteiger partial charge in [0, 0.05) is 43.4 Å². The van der Waals surface area contributed by atoms with Crippen molar-refractivity contribution in [2.24, 2.45) is 0 Å². The third kappa shape index (κ3) is 4.47. The van der Waals surface area contributed by atoms with Crippen LogP contribution in [0.25, 0.3) is 0 Å². The smallest absolute Gasteiger partial charge is 0.289 e. The van der Waals surface area contributed by atoms with E-state index in [0.717, 1.165) is 61.5 Å². The number of carbonyl (C=O) groups excluding carboxylic acids is 1. The number of thioether (sulfide) groups is 1. The molecule has 1 amide bonds. The Morgan fingerprint density at radius 3 is 3.14 bits per heavy atom. The van der Waals surface area contributed by atoms with Gasteiger partial charge in [-0.3, -0.25) is 14.5 Å². The molecule has 0 aliphatic carbocycles. The Labute approximate surface area is 167 Å². The van der Waals surface area contributed by atoms with E-state index in [1.807, 2.05) is 11.8 Å². The Hall–Kier alpha value is -2.13. The average Bonchev–Trinajstić information content (AvgIpc) is 3.26. The van der Waals surface area contributed by atoms with E-state index >= 15 is 0 Å². The number of nitrogens with zero attached hydrogens (tertiary/aromatic N) is 4. The number of carbonyl (C=O) groups is 1. The number of rotatable bonds is 6. The fraction of sp³-hybridized carbons (Fsp3) is 0.579. The standard InChI is InChI=1S/C19H25N5O3S/c25-18-11-14-13-28-10-5-16(14)22-24(18)9-8-23-7-2-1-3-15(23)12-20-19(26)17-4-6-21-27-17/h4,6,11,15H,1-3,5,7-10,12-13H2,(H,20,26). The van der Waals surface area contributed by atoms with E-state index in [9.17, 15) is 9.59 Å². The van der Waals surface area contributed by atoms with Gasteiger partial charge in [-0.1, -0.05) is 11.6 Å². The SMILES string of the molecule is O=C(NCC1CCCCN1CCn1nc2c(cc1=O)CSCC2)c1ccno1. The molecule has 1 saturated heterocycles. The Morgan fingerprint density at radius 2 is 2.29 bits per heavy atom. The van der Waals surface area contributed by atoms with E-state index in [0.29, 0.717) is 13.1 Å². The van der Waals surface area contributed by atoms with Crippen LogP contribution in [0.4, 0.5) is 0 Å². The molecule has 2 aliphatic heterocycles. The highest BCUT2D eigenvalue weighted by atomic mass is 32.2. The topological polar surface area (TPSA) is 93.3 Å². The van der Waals surface area contributed by atoms with E-state index in [2.05, 4.69) is 20.5 Å². The lowest BCUT2D eigenvalue weighted by Gasteiger charge is -2.35. The number of nitrogens with one attached hydrogen (secondary N) is 1. The Morgan fingerprint density at radius 1 is 1.36 bits per heavy atom. The normalized spacial score (nSPS) is 19.9. The van der Waals surface area contributed by atoms with Gasteiger partial charge in [-0.05, 0) is 30.7 Å². The summed E-state index contributed by atoms with van der Waals surface area (Å²) in [5, 5.41) is 11.1. The van der Waals surface area contributed by atoms with Gasteiger partial charge in [-0.25, -0.2) is 4.68 Å². The van der Waals surface area contributed by atoms with Crippen LogP contribution in [0.3, 0.4) is 0 Å². The highest BCUT2D eigenvalue weighted by Crippen LogP contribution is 2.21. The van der Waals surface area contributed by atoms with Crippen LogP contribution in [0.5, 0.6) is 0 Å². The maximum atomic E-state index is 12.4. The molecular weight excluding hydrogens is 378 g/mol. The lowest BCUT2D eigenvalue weighted by Crippen LogP contribution is -2.48. The van der Waals surface area contributed by atoms with Gasteiger partial charge >= 0.3 is 0 Å².